The number of aromatic nitrogens is 1. The minimum atomic E-state index is 0.467. The zero-order valence-electron chi connectivity index (χ0n) is 6.38. The van der Waals surface area contributed by atoms with Gasteiger partial charge in [-0.1, -0.05) is 6.92 Å². The maximum Gasteiger partial charge on any atom is 0.181 e. The first kappa shape index (κ1) is 7.17. The van der Waals surface area contributed by atoms with Crippen LogP contribution in [0.3, 0.4) is 0 Å². The van der Waals surface area contributed by atoms with Crippen LogP contribution in [0.1, 0.15) is 30.7 Å². The van der Waals surface area contributed by atoms with Crippen LogP contribution in [0.15, 0.2) is 10.8 Å². The standard InChI is InChI=1S/C8H10ClNO/c1-5-2-6(5)8-7(3-9)10-4-11-8/h4-6H,2-3H2,1H3. The van der Waals surface area contributed by atoms with Gasteiger partial charge in [-0.2, -0.15) is 0 Å². The summed E-state index contributed by atoms with van der Waals surface area (Å²) in [5, 5.41) is 0. The fourth-order valence-electron chi connectivity index (χ4n) is 1.37. The Bertz CT molecular complexity index is 258. The lowest BCUT2D eigenvalue weighted by atomic mass is 10.2. The van der Waals surface area contributed by atoms with Crippen molar-refractivity contribution in [2.75, 3.05) is 0 Å². The Hall–Kier alpha value is -0.500. The molecule has 2 atom stereocenters. The predicted molar refractivity (Wildman–Crippen MR) is 42.6 cm³/mol. The van der Waals surface area contributed by atoms with Crippen molar-refractivity contribution in [3.63, 3.8) is 0 Å². The summed E-state index contributed by atoms with van der Waals surface area (Å²) >= 11 is 5.67. The molecule has 60 valence electrons. The monoisotopic (exact) mass is 171 g/mol. The number of rotatable bonds is 2. The van der Waals surface area contributed by atoms with Crippen molar-refractivity contribution in [1.29, 1.82) is 0 Å². The molecule has 0 spiro atoms. The van der Waals surface area contributed by atoms with Gasteiger partial charge in [0.25, 0.3) is 0 Å². The number of hydrogen-bond acceptors (Lipinski definition) is 2. The Labute approximate surface area is 70.6 Å². The fraction of sp³-hybridized carbons (Fsp3) is 0.625. The second kappa shape index (κ2) is 2.52. The SMILES string of the molecule is CC1CC1c1ocnc1CCl. The van der Waals surface area contributed by atoms with Gasteiger partial charge in [0, 0.05) is 5.92 Å². The molecule has 1 saturated carbocycles. The predicted octanol–water partition coefficient (Wildman–Crippen LogP) is 2.54. The zero-order valence-corrected chi connectivity index (χ0v) is 7.14. The Morgan fingerprint density at radius 2 is 2.55 bits per heavy atom. The number of oxazole rings is 1. The van der Waals surface area contributed by atoms with E-state index in [1.165, 1.54) is 12.8 Å². The first-order chi connectivity index (χ1) is 5.33. The third-order valence-electron chi connectivity index (χ3n) is 2.25. The zero-order chi connectivity index (χ0) is 7.84. The highest BCUT2D eigenvalue weighted by molar-refractivity contribution is 6.16. The van der Waals surface area contributed by atoms with E-state index in [1.54, 1.807) is 0 Å². The molecule has 1 aliphatic rings. The summed E-state index contributed by atoms with van der Waals surface area (Å²) in [6.45, 7) is 2.21. The molecule has 1 aromatic heterocycles. The molecule has 1 heterocycles. The van der Waals surface area contributed by atoms with Gasteiger partial charge in [-0.05, 0) is 12.3 Å². The minimum Gasteiger partial charge on any atom is -0.448 e. The van der Waals surface area contributed by atoms with Crippen molar-refractivity contribution < 1.29 is 4.42 Å². The quantitative estimate of drug-likeness (QED) is 0.640. The molecule has 2 unspecified atom stereocenters. The lowest BCUT2D eigenvalue weighted by molar-refractivity contribution is 0.498. The van der Waals surface area contributed by atoms with Gasteiger partial charge in [0.1, 0.15) is 5.76 Å². The Kier molecular flexibility index (Phi) is 1.64. The molecular weight excluding hydrogens is 162 g/mol. The van der Waals surface area contributed by atoms with E-state index in [1.807, 2.05) is 0 Å². The van der Waals surface area contributed by atoms with Crippen LogP contribution in [0.4, 0.5) is 0 Å². The van der Waals surface area contributed by atoms with E-state index in [4.69, 9.17) is 16.0 Å². The molecule has 1 aliphatic carbocycles. The molecule has 0 aromatic carbocycles. The second-order valence-electron chi connectivity index (χ2n) is 3.12. The smallest absolute Gasteiger partial charge is 0.181 e. The highest BCUT2D eigenvalue weighted by atomic mass is 35.5. The molecule has 11 heavy (non-hydrogen) atoms. The normalized spacial score (nSPS) is 28.9. The highest BCUT2D eigenvalue weighted by Crippen LogP contribution is 2.48. The van der Waals surface area contributed by atoms with Gasteiger partial charge in [-0.15, -0.1) is 11.6 Å². The molecule has 1 fully saturated rings. The van der Waals surface area contributed by atoms with Gasteiger partial charge < -0.3 is 4.42 Å². The van der Waals surface area contributed by atoms with Crippen LogP contribution in [0.5, 0.6) is 0 Å². The molecule has 0 bridgehead atoms. The maximum atomic E-state index is 5.67. The van der Waals surface area contributed by atoms with E-state index in [-0.39, 0.29) is 0 Å². The summed E-state index contributed by atoms with van der Waals surface area (Å²) in [5.41, 5.74) is 0.918. The molecule has 0 N–H and O–H groups in total. The average molecular weight is 172 g/mol. The van der Waals surface area contributed by atoms with Crippen molar-refractivity contribution in [3.8, 4) is 0 Å². The van der Waals surface area contributed by atoms with Crippen LogP contribution < -0.4 is 0 Å². The van der Waals surface area contributed by atoms with Gasteiger partial charge in [0.2, 0.25) is 0 Å². The Morgan fingerprint density at radius 3 is 3.09 bits per heavy atom. The first-order valence-electron chi connectivity index (χ1n) is 3.81. The van der Waals surface area contributed by atoms with E-state index in [9.17, 15) is 0 Å². The van der Waals surface area contributed by atoms with Gasteiger partial charge in [0.05, 0.1) is 11.6 Å². The number of halogens is 1. The summed E-state index contributed by atoms with van der Waals surface area (Å²) in [4.78, 5) is 4.03. The number of nitrogens with zero attached hydrogens (tertiary/aromatic N) is 1. The first-order valence-corrected chi connectivity index (χ1v) is 4.34. The maximum absolute atomic E-state index is 5.67. The van der Waals surface area contributed by atoms with Crippen LogP contribution in [0, 0.1) is 5.92 Å². The topological polar surface area (TPSA) is 26.0 Å². The summed E-state index contributed by atoms with van der Waals surface area (Å²) < 4.78 is 5.25. The second-order valence-corrected chi connectivity index (χ2v) is 3.38. The van der Waals surface area contributed by atoms with Crippen molar-refractivity contribution in [2.45, 2.75) is 25.1 Å². The number of alkyl halides is 1. The summed E-state index contributed by atoms with van der Waals surface area (Å²) in [5.74, 6) is 2.82. The van der Waals surface area contributed by atoms with Crippen LogP contribution >= 0.6 is 11.6 Å². The Balaban J connectivity index is 2.23. The van der Waals surface area contributed by atoms with E-state index >= 15 is 0 Å². The lowest BCUT2D eigenvalue weighted by Gasteiger charge is -1.92. The lowest BCUT2D eigenvalue weighted by Crippen LogP contribution is -1.85. The van der Waals surface area contributed by atoms with E-state index in [0.29, 0.717) is 11.8 Å². The molecule has 2 rings (SSSR count). The molecule has 0 radical (unpaired) electrons. The molecule has 3 heteroatoms. The van der Waals surface area contributed by atoms with Gasteiger partial charge in [-0.3, -0.25) is 0 Å². The fourth-order valence-corrected chi connectivity index (χ4v) is 1.57. The molecule has 0 aliphatic heterocycles. The van der Waals surface area contributed by atoms with Crippen molar-refractivity contribution in [1.82, 2.24) is 4.98 Å². The number of hydrogen-bond donors (Lipinski definition) is 0. The van der Waals surface area contributed by atoms with E-state index in [0.717, 1.165) is 17.4 Å². The molecule has 0 saturated heterocycles. The van der Waals surface area contributed by atoms with Crippen LogP contribution in [-0.2, 0) is 5.88 Å². The summed E-state index contributed by atoms with van der Waals surface area (Å²) in [6.07, 6.45) is 2.71. The summed E-state index contributed by atoms with van der Waals surface area (Å²) in [6, 6.07) is 0. The largest absolute Gasteiger partial charge is 0.448 e. The molecule has 1 aromatic rings. The summed E-state index contributed by atoms with van der Waals surface area (Å²) in [7, 11) is 0. The van der Waals surface area contributed by atoms with Gasteiger partial charge >= 0.3 is 0 Å². The van der Waals surface area contributed by atoms with E-state index < -0.39 is 0 Å². The third kappa shape index (κ3) is 1.16. The molecule has 2 nitrogen and oxygen atoms in total. The third-order valence-corrected chi connectivity index (χ3v) is 2.50. The van der Waals surface area contributed by atoms with Crippen LogP contribution in [-0.4, -0.2) is 4.98 Å². The highest BCUT2D eigenvalue weighted by Gasteiger charge is 2.38. The van der Waals surface area contributed by atoms with Crippen molar-refractivity contribution in [3.05, 3.63) is 17.8 Å². The van der Waals surface area contributed by atoms with Gasteiger partial charge in [0.15, 0.2) is 6.39 Å². The molecular formula is C8H10ClNO. The minimum absolute atomic E-state index is 0.467. The average Bonchev–Trinajstić information content (AvgIpc) is 2.58. The van der Waals surface area contributed by atoms with Crippen molar-refractivity contribution in [2.24, 2.45) is 5.92 Å². The Morgan fingerprint density at radius 1 is 1.82 bits per heavy atom. The van der Waals surface area contributed by atoms with Crippen molar-refractivity contribution >= 4 is 11.6 Å². The van der Waals surface area contributed by atoms with Crippen LogP contribution in [0.2, 0.25) is 0 Å². The molecule has 0 amide bonds. The van der Waals surface area contributed by atoms with Crippen LogP contribution in [0.25, 0.3) is 0 Å². The van der Waals surface area contributed by atoms with Gasteiger partial charge in [-0.25, -0.2) is 4.98 Å². The van der Waals surface area contributed by atoms with E-state index in [2.05, 4.69) is 11.9 Å².